The Kier molecular flexibility index (Phi) is 8.55. The number of benzene rings is 2. The standard InChI is InChI=1S/C22H26F4N2O4S/c23-18-5-7-19(8-6-18)32-16-14-28-12-10-27(11-13-28)9-2-15-31-20-3-1-4-21(17-20)33(29,30)22(24,25)26/h1,3-8,17H,2,9-16H2. The Labute approximate surface area is 190 Å². The highest BCUT2D eigenvalue weighted by atomic mass is 32.2. The summed E-state index contributed by atoms with van der Waals surface area (Å²) >= 11 is 0. The molecule has 0 atom stereocenters. The van der Waals surface area contributed by atoms with E-state index in [1.54, 1.807) is 12.1 Å². The fraction of sp³-hybridized carbons (Fsp3) is 0.455. The number of piperazine rings is 1. The van der Waals surface area contributed by atoms with Crippen LogP contribution >= 0.6 is 0 Å². The zero-order valence-electron chi connectivity index (χ0n) is 17.9. The highest BCUT2D eigenvalue weighted by Crippen LogP contribution is 2.31. The SMILES string of the molecule is O=S(=O)(c1cccc(OCCCN2CCN(CCOc3ccc(F)cc3)CC2)c1)C(F)(F)F. The van der Waals surface area contributed by atoms with Gasteiger partial charge in [-0.1, -0.05) is 6.07 Å². The number of hydrogen-bond acceptors (Lipinski definition) is 6. The molecule has 33 heavy (non-hydrogen) atoms. The van der Waals surface area contributed by atoms with Gasteiger partial charge in [0.2, 0.25) is 0 Å². The van der Waals surface area contributed by atoms with Crippen molar-refractivity contribution in [3.8, 4) is 11.5 Å². The quantitative estimate of drug-likeness (QED) is 0.375. The normalized spacial score (nSPS) is 16.0. The number of alkyl halides is 3. The third-order valence-electron chi connectivity index (χ3n) is 5.26. The molecule has 182 valence electrons. The minimum atomic E-state index is -5.39. The summed E-state index contributed by atoms with van der Waals surface area (Å²) in [6.45, 7) is 5.82. The van der Waals surface area contributed by atoms with Crippen LogP contribution in [-0.2, 0) is 9.84 Å². The molecule has 11 heteroatoms. The zero-order chi connectivity index (χ0) is 23.9. The zero-order valence-corrected chi connectivity index (χ0v) is 18.7. The predicted molar refractivity (Wildman–Crippen MR) is 115 cm³/mol. The van der Waals surface area contributed by atoms with Crippen LogP contribution in [0.4, 0.5) is 17.6 Å². The van der Waals surface area contributed by atoms with Crippen LogP contribution in [0.5, 0.6) is 11.5 Å². The van der Waals surface area contributed by atoms with Crippen molar-refractivity contribution in [2.24, 2.45) is 0 Å². The van der Waals surface area contributed by atoms with E-state index >= 15 is 0 Å². The second-order valence-corrected chi connectivity index (χ2v) is 9.55. The van der Waals surface area contributed by atoms with Crippen molar-refractivity contribution >= 4 is 9.84 Å². The van der Waals surface area contributed by atoms with Gasteiger partial charge in [-0.2, -0.15) is 13.2 Å². The third-order valence-corrected chi connectivity index (χ3v) is 6.75. The molecule has 0 spiro atoms. The van der Waals surface area contributed by atoms with Gasteiger partial charge in [0.1, 0.15) is 23.9 Å². The Morgan fingerprint density at radius 2 is 1.42 bits per heavy atom. The number of ether oxygens (including phenoxy) is 2. The highest BCUT2D eigenvalue weighted by molar-refractivity contribution is 7.92. The van der Waals surface area contributed by atoms with Crippen molar-refractivity contribution in [3.05, 3.63) is 54.3 Å². The van der Waals surface area contributed by atoms with Crippen LogP contribution in [0.2, 0.25) is 0 Å². The van der Waals surface area contributed by atoms with E-state index in [0.29, 0.717) is 18.8 Å². The molecule has 3 rings (SSSR count). The predicted octanol–water partition coefficient (Wildman–Crippen LogP) is 3.58. The number of hydrogen-bond donors (Lipinski definition) is 0. The van der Waals surface area contributed by atoms with Gasteiger partial charge in [-0.15, -0.1) is 0 Å². The molecule has 0 aromatic heterocycles. The summed E-state index contributed by atoms with van der Waals surface area (Å²) in [6, 6.07) is 10.4. The Bertz CT molecular complexity index is 992. The molecule has 1 heterocycles. The lowest BCUT2D eigenvalue weighted by Crippen LogP contribution is -2.47. The van der Waals surface area contributed by atoms with Crippen LogP contribution in [0, 0.1) is 5.82 Å². The van der Waals surface area contributed by atoms with Crippen molar-refractivity contribution < 1.29 is 35.5 Å². The molecular weight excluding hydrogens is 464 g/mol. The summed E-state index contributed by atoms with van der Waals surface area (Å²) in [5.41, 5.74) is -5.35. The molecule has 0 aliphatic carbocycles. The molecule has 1 saturated heterocycles. The average Bonchev–Trinajstić information content (AvgIpc) is 2.78. The van der Waals surface area contributed by atoms with E-state index in [1.807, 2.05) is 0 Å². The maximum atomic E-state index is 12.9. The topological polar surface area (TPSA) is 59.1 Å². The van der Waals surface area contributed by atoms with E-state index in [-0.39, 0.29) is 18.2 Å². The molecule has 0 saturated carbocycles. The van der Waals surface area contributed by atoms with Gasteiger partial charge in [-0.3, -0.25) is 4.90 Å². The largest absolute Gasteiger partial charge is 0.501 e. The monoisotopic (exact) mass is 490 g/mol. The molecule has 0 amide bonds. The van der Waals surface area contributed by atoms with Crippen LogP contribution in [0.3, 0.4) is 0 Å². The van der Waals surface area contributed by atoms with Crippen LogP contribution in [0.15, 0.2) is 53.4 Å². The smallest absolute Gasteiger partial charge is 0.494 e. The second kappa shape index (κ2) is 11.2. The van der Waals surface area contributed by atoms with Gasteiger partial charge in [0.05, 0.1) is 11.5 Å². The third kappa shape index (κ3) is 7.31. The summed E-state index contributed by atoms with van der Waals surface area (Å²) in [5.74, 6) is 0.426. The first-order chi connectivity index (χ1) is 15.6. The molecule has 0 radical (unpaired) electrons. The highest BCUT2D eigenvalue weighted by Gasteiger charge is 2.46. The average molecular weight is 491 g/mol. The van der Waals surface area contributed by atoms with Crippen LogP contribution < -0.4 is 9.47 Å². The molecule has 0 N–H and O–H groups in total. The summed E-state index contributed by atoms with van der Waals surface area (Å²) in [6.07, 6.45) is 0.657. The minimum Gasteiger partial charge on any atom is -0.494 e. The van der Waals surface area contributed by atoms with Crippen molar-refractivity contribution in [1.29, 1.82) is 0 Å². The number of sulfone groups is 1. The molecule has 2 aromatic rings. The molecule has 0 bridgehead atoms. The fourth-order valence-corrected chi connectivity index (χ4v) is 4.20. The van der Waals surface area contributed by atoms with E-state index < -0.39 is 20.2 Å². The minimum absolute atomic E-state index is 0.0892. The van der Waals surface area contributed by atoms with Gasteiger partial charge in [0, 0.05) is 39.3 Å². The lowest BCUT2D eigenvalue weighted by atomic mass is 10.3. The molecule has 1 fully saturated rings. The summed E-state index contributed by atoms with van der Waals surface area (Å²) in [5, 5.41) is 0. The first-order valence-electron chi connectivity index (χ1n) is 10.5. The van der Waals surface area contributed by atoms with Gasteiger partial charge in [-0.05, 0) is 48.9 Å². The van der Waals surface area contributed by atoms with Gasteiger partial charge in [-0.25, -0.2) is 12.8 Å². The molecule has 2 aromatic carbocycles. The molecular formula is C22H26F4N2O4S. The molecule has 1 aliphatic rings. The summed E-state index contributed by atoms with van der Waals surface area (Å²) in [4.78, 5) is 3.72. The lowest BCUT2D eigenvalue weighted by Gasteiger charge is -2.34. The van der Waals surface area contributed by atoms with Crippen molar-refractivity contribution in [1.82, 2.24) is 9.80 Å². The second-order valence-electron chi connectivity index (χ2n) is 7.61. The van der Waals surface area contributed by atoms with Gasteiger partial charge in [0.15, 0.2) is 0 Å². The maximum absolute atomic E-state index is 12.9. The van der Waals surface area contributed by atoms with E-state index in [1.165, 1.54) is 24.3 Å². The van der Waals surface area contributed by atoms with Crippen LogP contribution in [0.25, 0.3) is 0 Å². The number of rotatable bonds is 10. The summed E-state index contributed by atoms with van der Waals surface area (Å²) in [7, 11) is -5.39. The molecule has 1 aliphatic heterocycles. The van der Waals surface area contributed by atoms with Gasteiger partial charge in [0.25, 0.3) is 9.84 Å². The Hall–Kier alpha value is -2.37. The first-order valence-corrected chi connectivity index (χ1v) is 12.0. The molecule has 6 nitrogen and oxygen atoms in total. The Morgan fingerprint density at radius 3 is 2.06 bits per heavy atom. The van der Waals surface area contributed by atoms with E-state index in [0.717, 1.165) is 51.4 Å². The molecule has 0 unspecified atom stereocenters. The van der Waals surface area contributed by atoms with Crippen molar-refractivity contribution in [2.45, 2.75) is 16.8 Å². The van der Waals surface area contributed by atoms with E-state index in [2.05, 4.69) is 9.80 Å². The maximum Gasteiger partial charge on any atom is 0.501 e. The van der Waals surface area contributed by atoms with Crippen LogP contribution in [0.1, 0.15) is 6.42 Å². The van der Waals surface area contributed by atoms with E-state index in [9.17, 15) is 26.0 Å². The van der Waals surface area contributed by atoms with Crippen molar-refractivity contribution in [3.63, 3.8) is 0 Å². The van der Waals surface area contributed by atoms with E-state index in [4.69, 9.17) is 9.47 Å². The Balaban J connectivity index is 1.32. The van der Waals surface area contributed by atoms with Gasteiger partial charge < -0.3 is 14.4 Å². The fourth-order valence-electron chi connectivity index (χ4n) is 3.40. The van der Waals surface area contributed by atoms with Crippen molar-refractivity contribution in [2.75, 3.05) is 52.5 Å². The van der Waals surface area contributed by atoms with Crippen LogP contribution in [-0.4, -0.2) is 76.2 Å². The first kappa shape index (κ1) is 25.3. The summed E-state index contributed by atoms with van der Waals surface area (Å²) < 4.78 is 85.1. The number of nitrogens with zero attached hydrogens (tertiary/aromatic N) is 2. The lowest BCUT2D eigenvalue weighted by molar-refractivity contribution is -0.0436. The Morgan fingerprint density at radius 1 is 0.818 bits per heavy atom. The van der Waals surface area contributed by atoms with Gasteiger partial charge >= 0.3 is 5.51 Å². The number of halogens is 4.